The number of rotatable bonds is 5. The van der Waals surface area contributed by atoms with Crippen molar-refractivity contribution in [2.75, 3.05) is 24.6 Å². The van der Waals surface area contributed by atoms with E-state index in [0.29, 0.717) is 60.6 Å². The maximum atomic E-state index is 13.2. The predicted molar refractivity (Wildman–Crippen MR) is 133 cm³/mol. The summed E-state index contributed by atoms with van der Waals surface area (Å²) in [5.74, 6) is -0.101. The Morgan fingerprint density at radius 1 is 1.23 bits per heavy atom. The maximum Gasteiger partial charge on any atom is 0.310 e. The molecule has 1 saturated heterocycles. The van der Waals surface area contributed by atoms with Crippen molar-refractivity contribution in [1.82, 2.24) is 15.0 Å². The second-order valence-electron chi connectivity index (χ2n) is 9.14. The Hall–Kier alpha value is -3.81. The molecule has 8 nitrogen and oxygen atoms in total. The number of ether oxygens (including phenoxy) is 1. The fourth-order valence-corrected chi connectivity index (χ4v) is 5.01. The number of aromatic amines is 1. The lowest BCUT2D eigenvalue weighted by Crippen LogP contribution is -2.41. The monoisotopic (exact) mass is 472 g/mol. The number of allylic oxidation sites excluding steroid dienone is 1. The fourth-order valence-electron chi connectivity index (χ4n) is 5.01. The van der Waals surface area contributed by atoms with Gasteiger partial charge in [-0.15, -0.1) is 0 Å². The molecular formula is C27H28N4O4. The molecule has 1 aromatic carbocycles. The molecule has 5 rings (SSSR count). The van der Waals surface area contributed by atoms with E-state index >= 15 is 0 Å². The first-order chi connectivity index (χ1) is 17.0. The SMILES string of the molecule is CCOC(=O)[C@H]1CCCN(c2nc3ncc4c(c3c(=O)[nH]2)C[C@H](/C=C/c2ccccc2)CC4=O)C1. The molecule has 0 radical (unpaired) electrons. The molecule has 180 valence electrons. The number of nitrogens with zero attached hydrogens (tertiary/aromatic N) is 3. The normalized spacial score (nSPS) is 20.3. The van der Waals surface area contributed by atoms with E-state index in [0.717, 1.165) is 18.4 Å². The van der Waals surface area contributed by atoms with Crippen LogP contribution in [0.25, 0.3) is 17.1 Å². The minimum Gasteiger partial charge on any atom is -0.466 e. The van der Waals surface area contributed by atoms with Crippen LogP contribution >= 0.6 is 0 Å². The summed E-state index contributed by atoms with van der Waals surface area (Å²) in [6, 6.07) is 9.93. The number of piperidine rings is 1. The molecule has 0 unspecified atom stereocenters. The summed E-state index contributed by atoms with van der Waals surface area (Å²) >= 11 is 0. The third-order valence-corrected chi connectivity index (χ3v) is 6.75. The number of benzene rings is 1. The van der Waals surface area contributed by atoms with Gasteiger partial charge in [-0.25, -0.2) is 4.98 Å². The number of anilines is 1. The molecule has 1 aliphatic carbocycles. The summed E-state index contributed by atoms with van der Waals surface area (Å²) in [5.41, 5.74) is 2.28. The van der Waals surface area contributed by atoms with Crippen LogP contribution in [0.5, 0.6) is 0 Å². The average molecular weight is 473 g/mol. The highest BCUT2D eigenvalue weighted by atomic mass is 16.5. The lowest BCUT2D eigenvalue weighted by molar-refractivity contribution is -0.148. The smallest absolute Gasteiger partial charge is 0.310 e. The molecule has 2 atom stereocenters. The van der Waals surface area contributed by atoms with Gasteiger partial charge in [0.25, 0.3) is 5.56 Å². The third-order valence-electron chi connectivity index (χ3n) is 6.75. The van der Waals surface area contributed by atoms with Crippen molar-refractivity contribution in [1.29, 1.82) is 0 Å². The van der Waals surface area contributed by atoms with Gasteiger partial charge in [-0.3, -0.25) is 19.4 Å². The van der Waals surface area contributed by atoms with Gasteiger partial charge in [0.15, 0.2) is 11.4 Å². The van der Waals surface area contributed by atoms with Crippen LogP contribution in [0.1, 0.15) is 47.7 Å². The summed E-state index contributed by atoms with van der Waals surface area (Å²) < 4.78 is 5.18. The molecule has 0 amide bonds. The lowest BCUT2D eigenvalue weighted by Gasteiger charge is -2.32. The number of esters is 1. The molecule has 8 heteroatoms. The van der Waals surface area contributed by atoms with Crippen LogP contribution in [0, 0.1) is 11.8 Å². The lowest BCUT2D eigenvalue weighted by atomic mass is 9.82. The van der Waals surface area contributed by atoms with Crippen LogP contribution in [0.15, 0.2) is 47.4 Å². The van der Waals surface area contributed by atoms with Crippen LogP contribution in [-0.2, 0) is 16.0 Å². The van der Waals surface area contributed by atoms with E-state index in [4.69, 9.17) is 4.74 Å². The second kappa shape index (κ2) is 9.82. The number of Topliss-reactive ketones (excluding diaryl/α,β-unsaturated/α-hetero) is 1. The zero-order valence-corrected chi connectivity index (χ0v) is 19.7. The van der Waals surface area contributed by atoms with Crippen molar-refractivity contribution in [3.8, 4) is 0 Å². The minimum absolute atomic E-state index is 0.00712. The third kappa shape index (κ3) is 4.73. The van der Waals surface area contributed by atoms with E-state index in [2.05, 4.69) is 15.0 Å². The highest BCUT2D eigenvalue weighted by molar-refractivity contribution is 6.02. The fraction of sp³-hybridized carbons (Fsp3) is 0.370. The molecule has 1 fully saturated rings. The Kier molecular flexibility index (Phi) is 6.44. The number of carbonyl (C=O) groups excluding carboxylic acids is 2. The van der Waals surface area contributed by atoms with Crippen LogP contribution in [0.3, 0.4) is 0 Å². The van der Waals surface area contributed by atoms with Crippen molar-refractivity contribution in [3.63, 3.8) is 0 Å². The number of hydrogen-bond donors (Lipinski definition) is 1. The number of fused-ring (bicyclic) bond motifs is 3. The quantitative estimate of drug-likeness (QED) is 0.566. The maximum absolute atomic E-state index is 13.2. The number of nitrogens with one attached hydrogen (secondary N) is 1. The molecule has 2 aromatic heterocycles. The number of ketones is 1. The van der Waals surface area contributed by atoms with E-state index in [1.54, 1.807) is 13.1 Å². The predicted octanol–water partition coefficient (Wildman–Crippen LogP) is 3.56. The van der Waals surface area contributed by atoms with Gasteiger partial charge < -0.3 is 9.64 Å². The van der Waals surface area contributed by atoms with E-state index in [-0.39, 0.29) is 29.1 Å². The molecule has 3 aromatic rings. The van der Waals surface area contributed by atoms with Gasteiger partial charge in [-0.2, -0.15) is 4.98 Å². The first kappa shape index (κ1) is 23.0. The largest absolute Gasteiger partial charge is 0.466 e. The summed E-state index contributed by atoms with van der Waals surface area (Å²) in [5, 5.41) is 0.372. The first-order valence-corrected chi connectivity index (χ1v) is 12.1. The Morgan fingerprint density at radius 3 is 2.86 bits per heavy atom. The molecule has 0 saturated carbocycles. The van der Waals surface area contributed by atoms with Crippen molar-refractivity contribution < 1.29 is 14.3 Å². The second-order valence-corrected chi connectivity index (χ2v) is 9.14. The topological polar surface area (TPSA) is 105 Å². The summed E-state index contributed by atoms with van der Waals surface area (Å²) in [6.45, 7) is 3.25. The Bertz CT molecular complexity index is 1350. The van der Waals surface area contributed by atoms with Gasteiger partial charge in [0.05, 0.1) is 17.9 Å². The van der Waals surface area contributed by atoms with Crippen molar-refractivity contribution >= 4 is 34.8 Å². The standard InChI is InChI=1S/C27H28N4O4/c1-2-35-26(34)19-9-6-12-31(16-19)27-29-24-23(25(33)30-27)20-13-18(14-22(32)21(20)15-28-24)11-10-17-7-4-3-5-8-17/h3-5,7-8,10-11,15,18-19H,2,6,9,12-14,16H2,1H3,(H,28,29,30,33)/b11-10+/t18-,19-/m0/s1. The van der Waals surface area contributed by atoms with Gasteiger partial charge in [-0.05, 0) is 43.2 Å². The Balaban J connectivity index is 1.45. The van der Waals surface area contributed by atoms with Crippen molar-refractivity contribution in [2.24, 2.45) is 11.8 Å². The molecule has 2 aliphatic rings. The molecular weight excluding hydrogens is 444 g/mol. The van der Waals surface area contributed by atoms with Crippen LogP contribution in [0.2, 0.25) is 0 Å². The van der Waals surface area contributed by atoms with Gasteiger partial charge in [0.1, 0.15) is 0 Å². The van der Waals surface area contributed by atoms with Crippen LogP contribution in [-0.4, -0.2) is 46.4 Å². The number of carbonyl (C=O) groups is 2. The van der Waals surface area contributed by atoms with E-state index in [1.165, 1.54) is 0 Å². The Morgan fingerprint density at radius 2 is 2.06 bits per heavy atom. The van der Waals surface area contributed by atoms with Crippen molar-refractivity contribution in [3.05, 3.63) is 69.6 Å². The zero-order valence-electron chi connectivity index (χ0n) is 19.7. The van der Waals surface area contributed by atoms with Crippen LogP contribution < -0.4 is 10.5 Å². The minimum atomic E-state index is -0.312. The molecule has 1 aliphatic heterocycles. The van der Waals surface area contributed by atoms with Crippen molar-refractivity contribution in [2.45, 2.75) is 32.6 Å². The van der Waals surface area contributed by atoms with Gasteiger partial charge in [0, 0.05) is 31.3 Å². The van der Waals surface area contributed by atoms with Gasteiger partial charge in [0.2, 0.25) is 5.95 Å². The zero-order chi connectivity index (χ0) is 24.4. The van der Waals surface area contributed by atoms with E-state index < -0.39 is 0 Å². The summed E-state index contributed by atoms with van der Waals surface area (Å²) in [6.07, 6.45) is 8.11. The summed E-state index contributed by atoms with van der Waals surface area (Å²) in [4.78, 5) is 52.1. The van der Waals surface area contributed by atoms with Gasteiger partial charge in [-0.1, -0.05) is 42.5 Å². The van der Waals surface area contributed by atoms with Crippen LogP contribution in [0.4, 0.5) is 5.95 Å². The highest BCUT2D eigenvalue weighted by Crippen LogP contribution is 2.30. The molecule has 0 spiro atoms. The molecule has 0 bridgehead atoms. The number of hydrogen-bond acceptors (Lipinski definition) is 7. The average Bonchev–Trinajstić information content (AvgIpc) is 2.88. The van der Waals surface area contributed by atoms with E-state index in [9.17, 15) is 14.4 Å². The molecule has 35 heavy (non-hydrogen) atoms. The molecule has 1 N–H and O–H groups in total. The summed E-state index contributed by atoms with van der Waals surface area (Å²) in [7, 11) is 0. The highest BCUT2D eigenvalue weighted by Gasteiger charge is 2.30. The van der Waals surface area contributed by atoms with E-state index in [1.807, 2.05) is 47.4 Å². The Labute approximate surface area is 203 Å². The first-order valence-electron chi connectivity index (χ1n) is 12.1. The number of aromatic nitrogens is 3. The molecule has 3 heterocycles. The number of H-pyrrole nitrogens is 1. The van der Waals surface area contributed by atoms with Gasteiger partial charge >= 0.3 is 5.97 Å². The number of pyridine rings is 1.